The Kier molecular flexibility index (Phi) is 26.9. The van der Waals surface area contributed by atoms with Crippen molar-refractivity contribution >= 4 is 18.1 Å². The maximum absolute atomic E-state index is 10.5. The molecular formula is C32H76O10Si2Zr. The molecule has 276 valence electrons. The van der Waals surface area contributed by atoms with E-state index >= 15 is 0 Å². The van der Waals surface area contributed by atoms with Crippen LogP contribution in [0.2, 0.25) is 0 Å². The van der Waals surface area contributed by atoms with Crippen LogP contribution in [-0.4, -0.2) is 84.7 Å². The molecule has 0 heterocycles. The molecule has 0 unspecified atom stereocenters. The van der Waals surface area contributed by atoms with E-state index in [1.54, 1.807) is 0 Å². The molecule has 0 saturated heterocycles. The third kappa shape index (κ3) is 49.4. The van der Waals surface area contributed by atoms with Crippen molar-refractivity contribution in [2.24, 2.45) is 11.8 Å². The number of rotatable bonds is 8. The van der Waals surface area contributed by atoms with Crippen LogP contribution in [0.5, 0.6) is 0 Å². The standard InChI is InChI=1S/2C12H28O4Si.2C4H10O.Zr/c2*1-10(2,3)14-17(13,15-11(4,5)6)16-12(7,8)9;2*1-4(2)3-5;/h2*13H,1-9H3;2*4-5H,3H2,1-2H3;. The Balaban J connectivity index is -0.000000179. The zero-order valence-electron chi connectivity index (χ0n) is 33.3. The summed E-state index contributed by atoms with van der Waals surface area (Å²) in [5, 5.41) is 16.3. The predicted octanol–water partition coefficient (Wildman–Crippen LogP) is 6.99. The molecule has 4 N–H and O–H groups in total. The zero-order chi connectivity index (χ0) is 36.8. The molecule has 0 bridgehead atoms. The van der Waals surface area contributed by atoms with E-state index in [1.807, 2.05) is 152 Å². The Hall–Kier alpha value is 0.917. The molecule has 0 spiro atoms. The first-order valence-corrected chi connectivity index (χ1v) is 19.0. The smallest absolute Gasteiger partial charge is 0.396 e. The minimum absolute atomic E-state index is 0. The maximum atomic E-state index is 10.5. The minimum atomic E-state index is -3.66. The monoisotopic (exact) mass is 766 g/mol. The number of hydrogen-bond acceptors (Lipinski definition) is 10. The van der Waals surface area contributed by atoms with E-state index in [0.717, 1.165) is 0 Å². The Morgan fingerprint density at radius 1 is 0.378 bits per heavy atom. The summed E-state index contributed by atoms with van der Waals surface area (Å²) in [6.07, 6.45) is 0. The van der Waals surface area contributed by atoms with Crippen LogP contribution in [0, 0.1) is 11.8 Å². The van der Waals surface area contributed by atoms with Gasteiger partial charge in [0.15, 0.2) is 0 Å². The van der Waals surface area contributed by atoms with Crippen LogP contribution in [0.1, 0.15) is 152 Å². The van der Waals surface area contributed by atoms with E-state index in [2.05, 4.69) is 0 Å². The molecule has 0 aromatic heterocycles. The van der Waals surface area contributed by atoms with Gasteiger partial charge < -0.3 is 46.4 Å². The van der Waals surface area contributed by atoms with Gasteiger partial charge in [0.1, 0.15) is 0 Å². The van der Waals surface area contributed by atoms with Gasteiger partial charge >= 0.3 is 18.1 Å². The molecule has 0 aliphatic carbocycles. The van der Waals surface area contributed by atoms with Crippen molar-refractivity contribution in [3.05, 3.63) is 0 Å². The predicted molar refractivity (Wildman–Crippen MR) is 185 cm³/mol. The van der Waals surface area contributed by atoms with Crippen molar-refractivity contribution in [2.45, 2.75) is 186 Å². The normalized spacial score (nSPS) is 13.6. The van der Waals surface area contributed by atoms with Crippen LogP contribution >= 0.6 is 0 Å². The van der Waals surface area contributed by atoms with Crippen LogP contribution in [0.25, 0.3) is 0 Å². The number of hydrogen-bond donors (Lipinski definition) is 4. The number of aliphatic hydroxyl groups excluding tert-OH is 2. The van der Waals surface area contributed by atoms with E-state index in [4.69, 9.17) is 36.8 Å². The molecule has 13 heteroatoms. The number of aliphatic hydroxyl groups is 2. The summed E-state index contributed by atoms with van der Waals surface area (Å²) in [6.45, 7) is 42.1. The molecular weight excluding hydrogens is 692 g/mol. The van der Waals surface area contributed by atoms with Crippen LogP contribution in [0.4, 0.5) is 0 Å². The fourth-order valence-corrected chi connectivity index (χ4v) is 7.34. The summed E-state index contributed by atoms with van der Waals surface area (Å²) in [4.78, 5) is 21.0. The Labute approximate surface area is 300 Å². The van der Waals surface area contributed by atoms with Gasteiger partial charge in [-0.05, 0) is 136 Å². The van der Waals surface area contributed by atoms with E-state index < -0.39 is 51.7 Å². The molecule has 0 rings (SSSR count). The maximum Gasteiger partial charge on any atom is 0.678 e. The van der Waals surface area contributed by atoms with Crippen molar-refractivity contribution in [1.29, 1.82) is 0 Å². The summed E-state index contributed by atoms with van der Waals surface area (Å²) >= 11 is 0. The summed E-state index contributed by atoms with van der Waals surface area (Å²) in [6, 6.07) is 0. The second-order valence-electron chi connectivity index (χ2n) is 17.5. The van der Waals surface area contributed by atoms with Crippen LogP contribution < -0.4 is 0 Å². The van der Waals surface area contributed by atoms with Crippen LogP contribution in [0.15, 0.2) is 0 Å². The van der Waals surface area contributed by atoms with Gasteiger partial charge in [-0.25, -0.2) is 0 Å². The average Bonchev–Trinajstić information content (AvgIpc) is 2.58. The molecule has 0 aromatic carbocycles. The van der Waals surface area contributed by atoms with E-state index in [9.17, 15) is 9.59 Å². The van der Waals surface area contributed by atoms with Gasteiger partial charge in [-0.1, -0.05) is 27.7 Å². The third-order valence-electron chi connectivity index (χ3n) is 3.34. The van der Waals surface area contributed by atoms with Crippen molar-refractivity contribution in [1.82, 2.24) is 0 Å². The fraction of sp³-hybridized carbons (Fsp3) is 1.00. The van der Waals surface area contributed by atoms with Gasteiger partial charge in [-0.3, -0.25) is 0 Å². The van der Waals surface area contributed by atoms with Gasteiger partial charge in [0, 0.05) is 39.4 Å². The first-order chi connectivity index (χ1) is 18.8. The average molecular weight is 768 g/mol. The summed E-state index contributed by atoms with van der Waals surface area (Å²) in [5.74, 6) is 0.880. The Morgan fingerprint density at radius 3 is 0.511 bits per heavy atom. The van der Waals surface area contributed by atoms with Crippen LogP contribution in [-0.2, 0) is 52.8 Å². The summed E-state index contributed by atoms with van der Waals surface area (Å²) < 4.78 is 33.8. The second kappa shape index (κ2) is 21.9. The molecule has 0 amide bonds. The van der Waals surface area contributed by atoms with Crippen molar-refractivity contribution in [3.63, 3.8) is 0 Å². The van der Waals surface area contributed by atoms with Gasteiger partial charge in [-0.15, -0.1) is 0 Å². The third-order valence-corrected chi connectivity index (χ3v) is 8.56. The largest absolute Gasteiger partial charge is 0.678 e. The van der Waals surface area contributed by atoms with Gasteiger partial charge in [0.05, 0.1) is 33.6 Å². The first kappa shape index (κ1) is 55.3. The molecule has 0 atom stereocenters. The molecule has 0 fully saturated rings. The van der Waals surface area contributed by atoms with E-state index in [1.165, 1.54) is 0 Å². The van der Waals surface area contributed by atoms with Crippen LogP contribution in [0.3, 0.4) is 0 Å². The fourth-order valence-electron chi connectivity index (χ4n) is 2.45. The van der Waals surface area contributed by atoms with Crippen molar-refractivity contribution in [3.8, 4) is 0 Å². The van der Waals surface area contributed by atoms with Gasteiger partial charge in [0.25, 0.3) is 0 Å². The molecule has 10 nitrogen and oxygen atoms in total. The minimum Gasteiger partial charge on any atom is -0.396 e. The van der Waals surface area contributed by atoms with Crippen molar-refractivity contribution < 1.29 is 72.6 Å². The van der Waals surface area contributed by atoms with Crippen molar-refractivity contribution in [2.75, 3.05) is 13.2 Å². The van der Waals surface area contributed by atoms with E-state index in [0.29, 0.717) is 25.0 Å². The van der Waals surface area contributed by atoms with Gasteiger partial charge in [-0.2, -0.15) is 0 Å². The topological polar surface area (TPSA) is 136 Å². The summed E-state index contributed by atoms with van der Waals surface area (Å²) in [7, 11) is -7.31. The summed E-state index contributed by atoms with van der Waals surface area (Å²) in [5.41, 5.74) is -3.10. The zero-order valence-corrected chi connectivity index (χ0v) is 37.8. The molecule has 0 saturated carbocycles. The van der Waals surface area contributed by atoms with E-state index in [-0.39, 0.29) is 26.2 Å². The second-order valence-corrected chi connectivity index (χ2v) is 20.8. The first-order valence-electron chi connectivity index (χ1n) is 15.7. The molecule has 0 aliphatic rings. The SMILES string of the molecule is CC(C)(C)O[Si](O)(OC(C)(C)C)OC(C)(C)C.CC(C)(C)O[Si](O)(OC(C)(C)C)OC(C)(C)C.CC(C)CO.CC(C)CO.[Zr]. The van der Waals surface area contributed by atoms with Gasteiger partial charge in [0.2, 0.25) is 0 Å². The molecule has 0 radical (unpaired) electrons. The molecule has 45 heavy (non-hydrogen) atoms. The Bertz CT molecular complexity index is 582. The molecule has 0 aromatic rings. The molecule has 0 aliphatic heterocycles. The Morgan fingerprint density at radius 2 is 0.467 bits per heavy atom. The quantitative estimate of drug-likeness (QED) is 0.192.